The highest BCUT2D eigenvalue weighted by molar-refractivity contribution is 5.78. The lowest BCUT2D eigenvalue weighted by molar-refractivity contribution is 1.41. The zero-order chi connectivity index (χ0) is 14.1. The molecule has 1 heteroatoms. The Morgan fingerprint density at radius 2 is 1.43 bits per heavy atom. The second kappa shape index (κ2) is 4.95. The van der Waals surface area contributed by atoms with Gasteiger partial charge in [-0.15, -0.1) is 0 Å². The van der Waals surface area contributed by atoms with Crippen molar-refractivity contribution in [2.24, 2.45) is 0 Å². The van der Waals surface area contributed by atoms with Crippen LogP contribution in [0.4, 0.5) is 11.4 Å². The van der Waals surface area contributed by atoms with E-state index in [1.165, 1.54) is 32.9 Å². The highest BCUT2D eigenvalue weighted by Crippen LogP contribution is 2.22. The molecule has 0 spiro atoms. The Labute approximate surface area is 123 Å². The van der Waals surface area contributed by atoms with Crippen LogP contribution < -0.4 is 15.8 Å². The summed E-state index contributed by atoms with van der Waals surface area (Å²) < 4.78 is 0. The SMILES string of the molecule is C(c1ccccc1)=c1cccc2c1=Cc1ccccc1N2. The van der Waals surface area contributed by atoms with Crippen LogP contribution in [-0.2, 0) is 0 Å². The Morgan fingerprint density at radius 3 is 2.33 bits per heavy atom. The van der Waals surface area contributed by atoms with Crippen LogP contribution in [0.25, 0.3) is 12.2 Å². The van der Waals surface area contributed by atoms with Crippen molar-refractivity contribution in [1.82, 2.24) is 0 Å². The van der Waals surface area contributed by atoms with Crippen molar-refractivity contribution >= 4 is 23.5 Å². The van der Waals surface area contributed by atoms with E-state index in [1.54, 1.807) is 0 Å². The van der Waals surface area contributed by atoms with Crippen molar-refractivity contribution in [3.8, 4) is 0 Å². The number of hydrogen-bond acceptors (Lipinski definition) is 1. The normalized spacial score (nSPS) is 12.9. The zero-order valence-electron chi connectivity index (χ0n) is 11.6. The first-order valence-corrected chi connectivity index (χ1v) is 7.14. The number of para-hydroxylation sites is 1. The first-order chi connectivity index (χ1) is 10.4. The predicted octanol–water partition coefficient (Wildman–Crippen LogP) is 3.40. The minimum atomic E-state index is 1.17. The number of anilines is 2. The van der Waals surface area contributed by atoms with Crippen molar-refractivity contribution < 1.29 is 0 Å². The summed E-state index contributed by atoms with van der Waals surface area (Å²) in [5, 5.41) is 6.00. The maximum Gasteiger partial charge on any atom is 0.0464 e. The monoisotopic (exact) mass is 269 g/mol. The van der Waals surface area contributed by atoms with Crippen molar-refractivity contribution in [1.29, 1.82) is 0 Å². The van der Waals surface area contributed by atoms with Gasteiger partial charge in [0.2, 0.25) is 0 Å². The van der Waals surface area contributed by atoms with Crippen molar-refractivity contribution in [2.75, 3.05) is 5.32 Å². The van der Waals surface area contributed by atoms with Gasteiger partial charge in [-0.3, -0.25) is 0 Å². The second-order valence-electron chi connectivity index (χ2n) is 5.22. The molecule has 1 aliphatic rings. The van der Waals surface area contributed by atoms with E-state index in [0.717, 1.165) is 0 Å². The Kier molecular flexibility index (Phi) is 2.82. The van der Waals surface area contributed by atoms with Crippen LogP contribution >= 0.6 is 0 Å². The summed E-state index contributed by atoms with van der Waals surface area (Å²) in [6.45, 7) is 0. The largest absolute Gasteiger partial charge is 0.355 e. The Balaban J connectivity index is 1.98. The molecule has 100 valence electrons. The van der Waals surface area contributed by atoms with Crippen molar-refractivity contribution in [2.45, 2.75) is 0 Å². The van der Waals surface area contributed by atoms with Crippen LogP contribution in [0, 0.1) is 0 Å². The highest BCUT2D eigenvalue weighted by Gasteiger charge is 2.07. The molecule has 0 aromatic heterocycles. The van der Waals surface area contributed by atoms with Crippen LogP contribution in [0.15, 0.2) is 72.8 Å². The fourth-order valence-electron chi connectivity index (χ4n) is 2.75. The summed E-state index contributed by atoms with van der Waals surface area (Å²) in [6, 6.07) is 25.2. The summed E-state index contributed by atoms with van der Waals surface area (Å²) in [6.07, 6.45) is 4.49. The number of rotatable bonds is 1. The maximum absolute atomic E-state index is 3.52. The molecule has 0 amide bonds. The highest BCUT2D eigenvalue weighted by atomic mass is 14.9. The Morgan fingerprint density at radius 1 is 0.667 bits per heavy atom. The number of benzene rings is 3. The van der Waals surface area contributed by atoms with E-state index in [9.17, 15) is 0 Å². The molecule has 0 radical (unpaired) electrons. The van der Waals surface area contributed by atoms with E-state index >= 15 is 0 Å². The molecule has 1 nitrogen and oxygen atoms in total. The van der Waals surface area contributed by atoms with Gasteiger partial charge in [0.05, 0.1) is 0 Å². The van der Waals surface area contributed by atoms with Gasteiger partial charge in [0.25, 0.3) is 0 Å². The molecule has 3 aromatic rings. The minimum absolute atomic E-state index is 1.17. The standard InChI is InChI=1S/C20H15N/c1-2-7-15(8-3-1)13-16-10-6-12-20-18(16)14-17-9-4-5-11-19(17)21-20/h1-14,21H. The molecule has 1 N–H and O–H groups in total. The number of nitrogens with one attached hydrogen (secondary N) is 1. The lowest BCUT2D eigenvalue weighted by atomic mass is 10.0. The van der Waals surface area contributed by atoms with Crippen LogP contribution in [0.1, 0.15) is 11.1 Å². The molecule has 0 aliphatic carbocycles. The third-order valence-electron chi connectivity index (χ3n) is 3.79. The molecule has 1 heterocycles. The fourth-order valence-corrected chi connectivity index (χ4v) is 2.75. The molecular formula is C20H15N. The number of fused-ring (bicyclic) bond motifs is 2. The molecular weight excluding hydrogens is 254 g/mol. The molecule has 0 saturated heterocycles. The molecule has 0 fully saturated rings. The number of hydrogen-bond donors (Lipinski definition) is 1. The summed E-state index contributed by atoms with van der Waals surface area (Å²) in [4.78, 5) is 0. The van der Waals surface area contributed by atoms with Crippen molar-refractivity contribution in [3.05, 3.63) is 94.4 Å². The average molecular weight is 269 g/mol. The first kappa shape index (κ1) is 12.0. The van der Waals surface area contributed by atoms with E-state index in [0.29, 0.717) is 0 Å². The topological polar surface area (TPSA) is 12.0 Å². The van der Waals surface area contributed by atoms with Gasteiger partial charge in [-0.05, 0) is 40.6 Å². The summed E-state index contributed by atoms with van der Waals surface area (Å²) in [5.74, 6) is 0. The van der Waals surface area contributed by atoms with Crippen LogP contribution in [-0.4, -0.2) is 0 Å². The Hall–Kier alpha value is -2.80. The van der Waals surface area contributed by atoms with Crippen LogP contribution in [0.5, 0.6) is 0 Å². The molecule has 0 saturated carbocycles. The smallest absolute Gasteiger partial charge is 0.0464 e. The molecule has 0 atom stereocenters. The van der Waals surface area contributed by atoms with Gasteiger partial charge >= 0.3 is 0 Å². The molecule has 0 bridgehead atoms. The molecule has 0 unspecified atom stereocenters. The summed E-state index contributed by atoms with van der Waals surface area (Å²) in [5.41, 5.74) is 4.79. The van der Waals surface area contributed by atoms with Gasteiger partial charge in [-0.25, -0.2) is 0 Å². The molecule has 1 aliphatic heterocycles. The van der Waals surface area contributed by atoms with Gasteiger partial charge in [-0.2, -0.15) is 0 Å². The lowest BCUT2D eigenvalue weighted by Crippen LogP contribution is -2.29. The maximum atomic E-state index is 3.52. The van der Waals surface area contributed by atoms with Gasteiger partial charge in [0.1, 0.15) is 0 Å². The van der Waals surface area contributed by atoms with Gasteiger partial charge in [0.15, 0.2) is 0 Å². The first-order valence-electron chi connectivity index (χ1n) is 7.14. The van der Waals surface area contributed by atoms with E-state index in [2.05, 4.69) is 84.2 Å². The zero-order valence-corrected chi connectivity index (χ0v) is 11.6. The van der Waals surface area contributed by atoms with E-state index in [4.69, 9.17) is 0 Å². The van der Waals surface area contributed by atoms with Crippen molar-refractivity contribution in [3.63, 3.8) is 0 Å². The van der Waals surface area contributed by atoms with Gasteiger partial charge < -0.3 is 5.32 Å². The quantitative estimate of drug-likeness (QED) is 0.558. The summed E-state index contributed by atoms with van der Waals surface area (Å²) in [7, 11) is 0. The van der Waals surface area contributed by atoms with Crippen LogP contribution in [0.2, 0.25) is 0 Å². The summed E-state index contributed by atoms with van der Waals surface area (Å²) >= 11 is 0. The Bertz CT molecular complexity index is 908. The lowest BCUT2D eigenvalue weighted by Gasteiger charge is -2.15. The third kappa shape index (κ3) is 2.23. The second-order valence-corrected chi connectivity index (χ2v) is 5.22. The fraction of sp³-hybridized carbons (Fsp3) is 0. The van der Waals surface area contributed by atoms with Gasteiger partial charge in [0, 0.05) is 16.6 Å². The predicted molar refractivity (Wildman–Crippen MR) is 89.0 cm³/mol. The van der Waals surface area contributed by atoms with E-state index < -0.39 is 0 Å². The third-order valence-corrected chi connectivity index (χ3v) is 3.79. The van der Waals surface area contributed by atoms with Gasteiger partial charge in [-0.1, -0.05) is 60.7 Å². The minimum Gasteiger partial charge on any atom is -0.355 e. The van der Waals surface area contributed by atoms with E-state index in [-0.39, 0.29) is 0 Å². The van der Waals surface area contributed by atoms with Crippen LogP contribution in [0.3, 0.4) is 0 Å². The average Bonchev–Trinajstić information content (AvgIpc) is 2.54. The molecule has 3 aromatic carbocycles. The van der Waals surface area contributed by atoms with E-state index in [1.807, 2.05) is 6.07 Å². The molecule has 21 heavy (non-hydrogen) atoms. The molecule has 4 rings (SSSR count).